The molecule has 1 saturated heterocycles. The van der Waals surface area contributed by atoms with Gasteiger partial charge in [0.25, 0.3) is 5.91 Å². The molecule has 0 aliphatic carbocycles. The first-order chi connectivity index (χ1) is 15.5. The number of likely N-dealkylation sites (tertiary alicyclic amines) is 1. The molecule has 0 radical (unpaired) electrons. The van der Waals surface area contributed by atoms with Crippen molar-refractivity contribution in [3.8, 4) is 5.75 Å². The zero-order valence-electron chi connectivity index (χ0n) is 17.8. The Bertz CT molecular complexity index is 1100. The Kier molecular flexibility index (Phi) is 6.50. The normalized spacial score (nSPS) is 17.8. The zero-order chi connectivity index (χ0) is 22.5. The Morgan fingerprint density at radius 2 is 1.78 bits per heavy atom. The molecule has 164 valence electrons. The van der Waals surface area contributed by atoms with E-state index in [0.29, 0.717) is 30.0 Å². The number of ether oxygens (including phenoxy) is 1. The lowest BCUT2D eigenvalue weighted by Crippen LogP contribution is -2.35. The van der Waals surface area contributed by atoms with Crippen LogP contribution in [0.5, 0.6) is 5.75 Å². The third-order valence-corrected chi connectivity index (χ3v) is 5.85. The number of hydrogen-bond donors (Lipinski definition) is 1. The largest absolute Gasteiger partial charge is 0.497 e. The van der Waals surface area contributed by atoms with Crippen LogP contribution in [0.1, 0.15) is 27.4 Å². The fraction of sp³-hybridized carbons (Fsp3) is 0.231. The number of benzene rings is 3. The van der Waals surface area contributed by atoms with Crippen LogP contribution >= 0.6 is 0 Å². The molecule has 0 saturated carbocycles. The van der Waals surface area contributed by atoms with Crippen molar-refractivity contribution in [2.75, 3.05) is 20.2 Å². The number of amides is 2. The summed E-state index contributed by atoms with van der Waals surface area (Å²) < 4.78 is 19.2. The van der Waals surface area contributed by atoms with Gasteiger partial charge in [-0.2, -0.15) is 0 Å². The van der Waals surface area contributed by atoms with Gasteiger partial charge < -0.3 is 15.0 Å². The number of carbonyl (C=O) groups is 2. The third kappa shape index (κ3) is 4.80. The van der Waals surface area contributed by atoms with Gasteiger partial charge in [-0.05, 0) is 41.5 Å². The molecule has 1 aliphatic heterocycles. The second-order valence-electron chi connectivity index (χ2n) is 7.91. The van der Waals surface area contributed by atoms with Crippen LogP contribution in [0.2, 0.25) is 0 Å². The predicted molar refractivity (Wildman–Crippen MR) is 120 cm³/mol. The Morgan fingerprint density at radius 1 is 1.00 bits per heavy atom. The highest BCUT2D eigenvalue weighted by molar-refractivity contribution is 5.95. The van der Waals surface area contributed by atoms with Crippen molar-refractivity contribution in [2.24, 2.45) is 5.92 Å². The van der Waals surface area contributed by atoms with E-state index in [2.05, 4.69) is 5.32 Å². The monoisotopic (exact) mass is 432 g/mol. The van der Waals surface area contributed by atoms with Gasteiger partial charge >= 0.3 is 0 Å². The van der Waals surface area contributed by atoms with Gasteiger partial charge in [0.15, 0.2) is 0 Å². The molecule has 3 aromatic carbocycles. The van der Waals surface area contributed by atoms with E-state index in [1.165, 1.54) is 12.1 Å². The molecule has 1 N–H and O–H groups in total. The van der Waals surface area contributed by atoms with Gasteiger partial charge in [-0.25, -0.2) is 4.39 Å². The minimum absolute atomic E-state index is 0.149. The Labute approximate surface area is 186 Å². The molecule has 0 unspecified atom stereocenters. The Hall–Kier alpha value is -3.67. The lowest BCUT2D eigenvalue weighted by molar-refractivity contribution is -0.125. The first-order valence-corrected chi connectivity index (χ1v) is 10.6. The average molecular weight is 432 g/mol. The van der Waals surface area contributed by atoms with Crippen molar-refractivity contribution in [3.63, 3.8) is 0 Å². The molecule has 2 atom stereocenters. The standard InChI is InChI=1S/C26H25FN2O3/c1-32-22-12-6-10-20(14-22)26(31)29-16-23(19-9-5-11-21(27)13-19)24(17-29)25(30)28-15-18-7-3-2-4-8-18/h2-14,23-24H,15-17H2,1H3,(H,28,30)/t23-,24+/m1/s1. The van der Waals surface area contributed by atoms with Gasteiger partial charge in [0.2, 0.25) is 5.91 Å². The first kappa shape index (κ1) is 21.6. The molecule has 1 fully saturated rings. The van der Waals surface area contributed by atoms with Gasteiger partial charge in [-0.1, -0.05) is 48.5 Å². The molecule has 6 heteroatoms. The lowest BCUT2D eigenvalue weighted by Gasteiger charge is -2.18. The second kappa shape index (κ2) is 9.64. The van der Waals surface area contributed by atoms with Crippen molar-refractivity contribution in [3.05, 3.63) is 101 Å². The molecule has 2 amide bonds. The smallest absolute Gasteiger partial charge is 0.254 e. The summed E-state index contributed by atoms with van der Waals surface area (Å²) >= 11 is 0. The van der Waals surface area contributed by atoms with E-state index < -0.39 is 5.92 Å². The maximum Gasteiger partial charge on any atom is 0.254 e. The quantitative estimate of drug-likeness (QED) is 0.640. The number of rotatable bonds is 6. The summed E-state index contributed by atoms with van der Waals surface area (Å²) in [5, 5.41) is 2.98. The molecule has 0 bridgehead atoms. The van der Waals surface area contributed by atoms with E-state index in [4.69, 9.17) is 4.74 Å². The van der Waals surface area contributed by atoms with E-state index in [1.807, 2.05) is 36.4 Å². The van der Waals surface area contributed by atoms with Crippen LogP contribution in [0.15, 0.2) is 78.9 Å². The number of nitrogens with one attached hydrogen (secondary N) is 1. The average Bonchev–Trinajstić information content (AvgIpc) is 3.28. The summed E-state index contributed by atoms with van der Waals surface area (Å²) in [6.07, 6.45) is 0. The summed E-state index contributed by atoms with van der Waals surface area (Å²) in [7, 11) is 1.55. The summed E-state index contributed by atoms with van der Waals surface area (Å²) in [5.41, 5.74) is 2.20. The molecular formula is C26H25FN2O3. The van der Waals surface area contributed by atoms with E-state index >= 15 is 0 Å². The molecule has 32 heavy (non-hydrogen) atoms. The molecular weight excluding hydrogens is 407 g/mol. The summed E-state index contributed by atoms with van der Waals surface area (Å²) in [6, 6.07) is 22.9. The molecule has 1 aliphatic rings. The summed E-state index contributed by atoms with van der Waals surface area (Å²) in [4.78, 5) is 28.0. The minimum Gasteiger partial charge on any atom is -0.497 e. The highest BCUT2D eigenvalue weighted by atomic mass is 19.1. The van der Waals surface area contributed by atoms with Crippen LogP contribution in [0.3, 0.4) is 0 Å². The summed E-state index contributed by atoms with van der Waals surface area (Å²) in [6.45, 7) is 0.997. The molecule has 1 heterocycles. The van der Waals surface area contributed by atoms with Gasteiger partial charge in [0, 0.05) is 31.1 Å². The SMILES string of the molecule is COc1cccc(C(=O)N2C[C@H](C(=O)NCc3ccccc3)[C@@H](c3cccc(F)c3)C2)c1. The van der Waals surface area contributed by atoms with Crippen molar-refractivity contribution in [1.29, 1.82) is 0 Å². The number of nitrogens with zero attached hydrogens (tertiary/aromatic N) is 1. The van der Waals surface area contributed by atoms with Gasteiger partial charge in [-0.3, -0.25) is 9.59 Å². The van der Waals surface area contributed by atoms with Crippen LogP contribution in [0.4, 0.5) is 4.39 Å². The molecule has 4 rings (SSSR count). The highest BCUT2D eigenvalue weighted by Gasteiger charge is 2.40. The maximum absolute atomic E-state index is 13.9. The zero-order valence-corrected chi connectivity index (χ0v) is 17.8. The van der Waals surface area contributed by atoms with E-state index in [1.54, 1.807) is 42.3 Å². The number of carbonyl (C=O) groups excluding carboxylic acids is 2. The molecule has 3 aromatic rings. The fourth-order valence-electron chi connectivity index (χ4n) is 4.17. The van der Waals surface area contributed by atoms with Gasteiger partial charge in [-0.15, -0.1) is 0 Å². The van der Waals surface area contributed by atoms with Gasteiger partial charge in [0.05, 0.1) is 13.0 Å². The van der Waals surface area contributed by atoms with E-state index in [9.17, 15) is 14.0 Å². The van der Waals surface area contributed by atoms with Crippen LogP contribution in [0, 0.1) is 11.7 Å². The van der Waals surface area contributed by atoms with E-state index in [-0.39, 0.29) is 30.1 Å². The minimum atomic E-state index is -0.477. The number of hydrogen-bond acceptors (Lipinski definition) is 3. The molecule has 0 spiro atoms. The van der Waals surface area contributed by atoms with Crippen LogP contribution in [-0.2, 0) is 11.3 Å². The Morgan fingerprint density at radius 3 is 2.53 bits per heavy atom. The van der Waals surface area contributed by atoms with Crippen LogP contribution in [0.25, 0.3) is 0 Å². The number of halogens is 1. The molecule has 0 aromatic heterocycles. The third-order valence-electron chi connectivity index (χ3n) is 5.85. The van der Waals surface area contributed by atoms with Crippen molar-refractivity contribution in [2.45, 2.75) is 12.5 Å². The van der Waals surface area contributed by atoms with Gasteiger partial charge in [0.1, 0.15) is 11.6 Å². The predicted octanol–water partition coefficient (Wildman–Crippen LogP) is 4.01. The topological polar surface area (TPSA) is 58.6 Å². The first-order valence-electron chi connectivity index (χ1n) is 10.6. The number of methoxy groups -OCH3 is 1. The molecule has 5 nitrogen and oxygen atoms in total. The van der Waals surface area contributed by atoms with Crippen LogP contribution < -0.4 is 10.1 Å². The lowest BCUT2D eigenvalue weighted by atomic mass is 9.88. The van der Waals surface area contributed by atoms with Crippen LogP contribution in [-0.4, -0.2) is 36.9 Å². The summed E-state index contributed by atoms with van der Waals surface area (Å²) in [5.74, 6) is -0.865. The van der Waals surface area contributed by atoms with E-state index in [0.717, 1.165) is 5.56 Å². The van der Waals surface area contributed by atoms with Crippen molar-refractivity contribution < 1.29 is 18.7 Å². The van der Waals surface area contributed by atoms with Crippen molar-refractivity contribution in [1.82, 2.24) is 10.2 Å². The fourth-order valence-corrected chi connectivity index (χ4v) is 4.17. The maximum atomic E-state index is 13.9. The second-order valence-corrected chi connectivity index (χ2v) is 7.91. The van der Waals surface area contributed by atoms with Crippen molar-refractivity contribution >= 4 is 11.8 Å². The highest BCUT2D eigenvalue weighted by Crippen LogP contribution is 2.34. The Balaban J connectivity index is 1.56.